The second-order valence-corrected chi connectivity index (χ2v) is 12.1. The Morgan fingerprint density at radius 1 is 0.795 bits per heavy atom. The van der Waals surface area contributed by atoms with Crippen LogP contribution in [0.5, 0.6) is 0 Å². The summed E-state index contributed by atoms with van der Waals surface area (Å²) in [7, 11) is -4.23. The van der Waals surface area contributed by atoms with Crippen molar-refractivity contribution in [2.45, 2.75) is 90.4 Å². The van der Waals surface area contributed by atoms with Crippen LogP contribution in [0, 0.1) is 0 Å². The van der Waals surface area contributed by atoms with Crippen molar-refractivity contribution < 1.29 is 17.5 Å². The topological polar surface area (TPSA) is 61.5 Å². The molecule has 0 fully saturated rings. The summed E-state index contributed by atoms with van der Waals surface area (Å²) >= 11 is 0. The smallest absolute Gasteiger partial charge is 0.329 e. The van der Waals surface area contributed by atoms with Crippen molar-refractivity contribution in [2.24, 2.45) is 0 Å². The molecule has 1 heterocycles. The molecule has 0 aliphatic rings. The van der Waals surface area contributed by atoms with E-state index in [4.69, 9.17) is 0 Å². The SMILES string of the molecule is CCCCCCN(CCCCCC)c1ccc(C=Cc2cc[n+](C(CCC)S(=O)(=O)O)c3ccccc23)cc1. The third-order valence-electron chi connectivity index (χ3n) is 7.37. The van der Waals surface area contributed by atoms with Crippen LogP contribution in [-0.4, -0.2) is 26.1 Å². The predicted molar refractivity (Wildman–Crippen MR) is 166 cm³/mol. The Bertz CT molecular complexity index is 1270. The zero-order valence-electron chi connectivity index (χ0n) is 24.1. The van der Waals surface area contributed by atoms with Crippen LogP contribution < -0.4 is 9.47 Å². The molecule has 0 aliphatic heterocycles. The average molecular weight is 552 g/mol. The summed E-state index contributed by atoms with van der Waals surface area (Å²) in [6.07, 6.45) is 17.1. The summed E-state index contributed by atoms with van der Waals surface area (Å²) in [4.78, 5) is 2.55. The van der Waals surface area contributed by atoms with E-state index in [1.165, 1.54) is 57.1 Å². The van der Waals surface area contributed by atoms with Crippen molar-refractivity contribution in [1.82, 2.24) is 0 Å². The molecule has 0 bridgehead atoms. The Morgan fingerprint density at radius 2 is 1.44 bits per heavy atom. The Labute approximate surface area is 236 Å². The van der Waals surface area contributed by atoms with Crippen molar-refractivity contribution in [3.8, 4) is 0 Å². The Morgan fingerprint density at radius 3 is 2.03 bits per heavy atom. The lowest BCUT2D eigenvalue weighted by atomic mass is 10.1. The summed E-state index contributed by atoms with van der Waals surface area (Å²) < 4.78 is 35.8. The van der Waals surface area contributed by atoms with Crippen LogP contribution in [-0.2, 0) is 10.1 Å². The molecule has 0 radical (unpaired) electrons. The molecule has 3 aromatic rings. The summed E-state index contributed by atoms with van der Waals surface area (Å²) in [5.74, 6) is 0. The number of benzene rings is 2. The molecule has 2 aromatic carbocycles. The van der Waals surface area contributed by atoms with Gasteiger partial charge in [0.2, 0.25) is 5.52 Å². The quantitative estimate of drug-likeness (QED) is 0.104. The van der Waals surface area contributed by atoms with Gasteiger partial charge in [0.25, 0.3) is 5.37 Å². The fourth-order valence-corrected chi connectivity index (χ4v) is 6.16. The van der Waals surface area contributed by atoms with Gasteiger partial charge in [0, 0.05) is 37.3 Å². The summed E-state index contributed by atoms with van der Waals surface area (Å²) in [6, 6.07) is 18.5. The van der Waals surface area contributed by atoms with Crippen LogP contribution in [0.3, 0.4) is 0 Å². The maximum Gasteiger partial charge on any atom is 0.329 e. The third kappa shape index (κ3) is 9.18. The van der Waals surface area contributed by atoms with E-state index in [2.05, 4.69) is 55.2 Å². The Hall–Kier alpha value is -2.70. The molecule has 1 unspecified atom stereocenters. The zero-order chi connectivity index (χ0) is 28.1. The Balaban J connectivity index is 1.80. The number of fused-ring (bicyclic) bond motifs is 1. The molecule has 0 saturated heterocycles. The lowest BCUT2D eigenvalue weighted by Gasteiger charge is -2.25. The minimum absolute atomic E-state index is 0.350. The number of rotatable bonds is 17. The van der Waals surface area contributed by atoms with Crippen molar-refractivity contribution in [3.05, 3.63) is 71.9 Å². The zero-order valence-corrected chi connectivity index (χ0v) is 24.9. The van der Waals surface area contributed by atoms with E-state index in [-0.39, 0.29) is 0 Å². The van der Waals surface area contributed by atoms with Crippen LogP contribution in [0.1, 0.15) is 101 Å². The molecule has 1 aromatic heterocycles. The van der Waals surface area contributed by atoms with E-state index in [1.807, 2.05) is 37.3 Å². The van der Waals surface area contributed by atoms with Crippen LogP contribution in [0.15, 0.2) is 60.8 Å². The van der Waals surface area contributed by atoms with E-state index >= 15 is 0 Å². The van der Waals surface area contributed by atoms with Crippen LogP contribution >= 0.6 is 0 Å². The van der Waals surface area contributed by atoms with Crippen molar-refractivity contribution >= 4 is 38.9 Å². The van der Waals surface area contributed by atoms with Gasteiger partial charge in [0.1, 0.15) is 0 Å². The molecule has 0 spiro atoms. The molecule has 1 N–H and O–H groups in total. The first-order chi connectivity index (χ1) is 18.9. The lowest BCUT2D eigenvalue weighted by Crippen LogP contribution is -2.44. The molecule has 0 saturated carbocycles. The fraction of sp³-hybridized carbons (Fsp3) is 0.485. The van der Waals surface area contributed by atoms with Gasteiger partial charge in [-0.2, -0.15) is 13.0 Å². The number of nitrogens with zero attached hydrogens (tertiary/aromatic N) is 2. The minimum Gasteiger partial charge on any atom is -0.372 e. The largest absolute Gasteiger partial charge is 0.372 e. The second kappa shape index (κ2) is 15.8. The van der Waals surface area contributed by atoms with Crippen molar-refractivity contribution in [2.75, 3.05) is 18.0 Å². The molecular weight excluding hydrogens is 504 g/mol. The first-order valence-corrected chi connectivity index (χ1v) is 16.3. The lowest BCUT2D eigenvalue weighted by molar-refractivity contribution is -0.677. The number of hydrogen-bond donors (Lipinski definition) is 1. The summed E-state index contributed by atoms with van der Waals surface area (Å²) in [6.45, 7) is 8.65. The van der Waals surface area contributed by atoms with Gasteiger partial charge in [0.15, 0.2) is 6.20 Å². The van der Waals surface area contributed by atoms with E-state index in [0.29, 0.717) is 12.8 Å². The standard InChI is InChI=1S/C33H46N2O3S/c1-4-7-9-13-25-34(26-14-10-8-5-2)30-22-19-28(20-23-30)18-21-29-24-27-35(32-17-12-11-16-31(29)32)33(15-6-3)39(36,37)38/h11-12,16-24,27,33H,4-10,13-15,25-26H2,1-3H3/p+1. The maximum absolute atomic E-state index is 12.1. The fourth-order valence-electron chi connectivity index (χ4n) is 5.16. The molecule has 0 aliphatic carbocycles. The van der Waals surface area contributed by atoms with E-state index in [9.17, 15) is 13.0 Å². The number of hydrogen-bond acceptors (Lipinski definition) is 3. The predicted octanol–water partition coefficient (Wildman–Crippen LogP) is 8.45. The van der Waals surface area contributed by atoms with Crippen molar-refractivity contribution in [1.29, 1.82) is 0 Å². The number of pyridine rings is 1. The summed E-state index contributed by atoms with van der Waals surface area (Å²) in [5, 5.41) is -0.0483. The minimum atomic E-state index is -4.23. The first-order valence-electron chi connectivity index (χ1n) is 14.8. The molecule has 1 atom stereocenters. The van der Waals surface area contributed by atoms with Gasteiger partial charge in [-0.25, -0.2) is 0 Å². The van der Waals surface area contributed by atoms with E-state index in [1.54, 1.807) is 10.8 Å². The Kier molecular flexibility index (Phi) is 12.5. The number of aromatic nitrogens is 1. The molecule has 3 rings (SSSR count). The first kappa shape index (κ1) is 30.8. The number of unbranched alkanes of at least 4 members (excludes halogenated alkanes) is 6. The van der Waals surface area contributed by atoms with Gasteiger partial charge in [-0.15, -0.1) is 0 Å². The van der Waals surface area contributed by atoms with Gasteiger partial charge in [-0.1, -0.05) is 95.7 Å². The second-order valence-electron chi connectivity index (χ2n) is 10.5. The molecule has 6 heteroatoms. The monoisotopic (exact) mass is 551 g/mol. The highest BCUT2D eigenvalue weighted by Crippen LogP contribution is 2.23. The van der Waals surface area contributed by atoms with Gasteiger partial charge in [0.05, 0.1) is 5.39 Å². The van der Waals surface area contributed by atoms with Gasteiger partial charge < -0.3 is 4.90 Å². The molecule has 5 nitrogen and oxygen atoms in total. The van der Waals surface area contributed by atoms with E-state index < -0.39 is 15.5 Å². The third-order valence-corrected chi connectivity index (χ3v) is 8.52. The highest BCUT2D eigenvalue weighted by Gasteiger charge is 2.33. The van der Waals surface area contributed by atoms with Crippen LogP contribution in [0.25, 0.3) is 23.1 Å². The highest BCUT2D eigenvalue weighted by atomic mass is 32.2. The molecule has 0 amide bonds. The van der Waals surface area contributed by atoms with E-state index in [0.717, 1.165) is 35.1 Å². The normalized spacial score (nSPS) is 12.8. The molecule has 212 valence electrons. The van der Waals surface area contributed by atoms with Crippen molar-refractivity contribution in [3.63, 3.8) is 0 Å². The summed E-state index contributed by atoms with van der Waals surface area (Å²) in [5.41, 5.74) is 4.20. The van der Waals surface area contributed by atoms with Gasteiger partial charge in [-0.05, 0) is 48.6 Å². The molecular formula is C33H47N2O3S+. The van der Waals surface area contributed by atoms with Crippen LogP contribution in [0.4, 0.5) is 5.69 Å². The number of anilines is 1. The number of para-hydroxylation sites is 1. The maximum atomic E-state index is 12.1. The van der Waals surface area contributed by atoms with Gasteiger partial charge >= 0.3 is 10.1 Å². The average Bonchev–Trinajstić information content (AvgIpc) is 2.94. The van der Waals surface area contributed by atoms with Gasteiger partial charge in [-0.3, -0.25) is 4.55 Å². The highest BCUT2D eigenvalue weighted by molar-refractivity contribution is 7.85. The molecule has 39 heavy (non-hydrogen) atoms. The van der Waals surface area contributed by atoms with Crippen LogP contribution in [0.2, 0.25) is 0 Å².